The predicted molar refractivity (Wildman–Crippen MR) is 75.7 cm³/mol. The number of amides is 1. The first-order valence-corrected chi connectivity index (χ1v) is 7.29. The molecule has 2 rings (SSSR count). The number of aryl methyl sites for hydroxylation is 2. The minimum atomic E-state index is -0.414. The minimum Gasteiger partial charge on any atom is -0.394 e. The summed E-state index contributed by atoms with van der Waals surface area (Å²) in [5.41, 5.74) is 0.738. The van der Waals surface area contributed by atoms with Crippen molar-refractivity contribution in [2.45, 2.75) is 39.4 Å². The van der Waals surface area contributed by atoms with Gasteiger partial charge in [0.1, 0.15) is 0 Å². The van der Waals surface area contributed by atoms with Gasteiger partial charge < -0.3 is 14.7 Å². The third kappa shape index (κ3) is 3.16. The summed E-state index contributed by atoms with van der Waals surface area (Å²) in [4.78, 5) is 16.2. The van der Waals surface area contributed by atoms with E-state index >= 15 is 0 Å². The third-order valence-electron chi connectivity index (χ3n) is 3.35. The number of carbonyl (C=O) groups is 1. The van der Waals surface area contributed by atoms with Crippen molar-refractivity contribution in [3.8, 4) is 0 Å². The van der Waals surface area contributed by atoms with E-state index in [2.05, 4.69) is 0 Å². The molecule has 1 aromatic rings. The van der Waals surface area contributed by atoms with E-state index in [0.717, 1.165) is 10.4 Å². The number of thiophene rings is 1. The van der Waals surface area contributed by atoms with Gasteiger partial charge in [0.25, 0.3) is 5.91 Å². The molecule has 5 heteroatoms. The van der Waals surface area contributed by atoms with Crippen molar-refractivity contribution in [1.82, 2.24) is 4.90 Å². The Balaban J connectivity index is 2.18. The molecule has 1 aromatic heterocycles. The Morgan fingerprint density at radius 3 is 2.79 bits per heavy atom. The van der Waals surface area contributed by atoms with Crippen LogP contribution < -0.4 is 0 Å². The summed E-state index contributed by atoms with van der Waals surface area (Å²) in [5.74, 6) is 0.0380. The van der Waals surface area contributed by atoms with Crippen molar-refractivity contribution in [2.24, 2.45) is 0 Å². The molecule has 1 fully saturated rings. The summed E-state index contributed by atoms with van der Waals surface area (Å²) >= 11 is 1.53. The number of aliphatic hydroxyl groups excluding tert-OH is 1. The quantitative estimate of drug-likeness (QED) is 0.903. The number of aliphatic hydroxyl groups is 1. The van der Waals surface area contributed by atoms with Crippen molar-refractivity contribution in [3.05, 3.63) is 21.4 Å². The van der Waals surface area contributed by atoms with Gasteiger partial charge in [-0.1, -0.05) is 0 Å². The predicted octanol–water partition coefficient (Wildman–Crippen LogP) is 1.98. The molecule has 0 spiro atoms. The number of carbonyl (C=O) groups excluding carboxylic acids is 1. The van der Waals surface area contributed by atoms with Gasteiger partial charge in [-0.05, 0) is 39.3 Å². The third-order valence-corrected chi connectivity index (χ3v) is 4.49. The van der Waals surface area contributed by atoms with Crippen LogP contribution in [0.15, 0.2) is 6.07 Å². The van der Waals surface area contributed by atoms with Crippen molar-refractivity contribution in [2.75, 3.05) is 19.7 Å². The van der Waals surface area contributed by atoms with Gasteiger partial charge >= 0.3 is 0 Å². The average Bonchev–Trinajstić information content (AvgIpc) is 2.66. The Hall–Kier alpha value is -0.910. The van der Waals surface area contributed by atoms with Gasteiger partial charge in [0, 0.05) is 18.0 Å². The number of hydrogen-bond acceptors (Lipinski definition) is 4. The maximum Gasteiger partial charge on any atom is 0.264 e. The van der Waals surface area contributed by atoms with Crippen molar-refractivity contribution in [1.29, 1.82) is 0 Å². The fraction of sp³-hybridized carbons (Fsp3) is 0.643. The molecule has 0 saturated carbocycles. The van der Waals surface area contributed by atoms with Crippen LogP contribution in [0.5, 0.6) is 0 Å². The van der Waals surface area contributed by atoms with E-state index in [-0.39, 0.29) is 18.6 Å². The van der Waals surface area contributed by atoms with Crippen LogP contribution >= 0.6 is 11.3 Å². The van der Waals surface area contributed by atoms with E-state index in [0.29, 0.717) is 13.1 Å². The van der Waals surface area contributed by atoms with E-state index < -0.39 is 5.60 Å². The molecule has 0 aliphatic carbocycles. The number of rotatable bonds is 2. The van der Waals surface area contributed by atoms with Gasteiger partial charge in [-0.2, -0.15) is 0 Å². The summed E-state index contributed by atoms with van der Waals surface area (Å²) in [7, 11) is 0. The second-order valence-electron chi connectivity index (χ2n) is 5.72. The van der Waals surface area contributed by atoms with Crippen LogP contribution in [0.2, 0.25) is 0 Å². The molecule has 4 nitrogen and oxygen atoms in total. The zero-order valence-electron chi connectivity index (χ0n) is 11.9. The highest BCUT2D eigenvalue weighted by Gasteiger charge is 2.36. The Bertz CT molecular complexity index is 462. The van der Waals surface area contributed by atoms with E-state index in [1.54, 1.807) is 4.90 Å². The molecule has 1 N–H and O–H groups in total. The van der Waals surface area contributed by atoms with Gasteiger partial charge in [-0.15, -0.1) is 11.3 Å². The maximum atomic E-state index is 12.5. The number of hydrogen-bond donors (Lipinski definition) is 1. The van der Waals surface area contributed by atoms with Gasteiger partial charge in [-0.25, -0.2) is 0 Å². The number of morpholine rings is 1. The van der Waals surface area contributed by atoms with Gasteiger partial charge in [-0.3, -0.25) is 4.79 Å². The summed E-state index contributed by atoms with van der Waals surface area (Å²) in [6.07, 6.45) is -0.296. The Labute approximate surface area is 118 Å². The van der Waals surface area contributed by atoms with Crippen LogP contribution in [-0.4, -0.2) is 47.3 Å². The molecule has 106 valence electrons. The van der Waals surface area contributed by atoms with Gasteiger partial charge in [0.05, 0.1) is 23.2 Å². The second-order valence-corrected chi connectivity index (χ2v) is 6.97. The molecule has 19 heavy (non-hydrogen) atoms. The van der Waals surface area contributed by atoms with E-state index in [1.807, 2.05) is 33.8 Å². The zero-order chi connectivity index (χ0) is 14.2. The molecule has 0 bridgehead atoms. The molecule has 1 aliphatic rings. The highest BCUT2D eigenvalue weighted by Crippen LogP contribution is 2.26. The number of ether oxygens (including phenoxy) is 1. The number of nitrogens with zero attached hydrogens (tertiary/aromatic N) is 1. The normalized spacial score (nSPS) is 22.6. The highest BCUT2D eigenvalue weighted by atomic mass is 32.1. The summed E-state index contributed by atoms with van der Waals surface area (Å²) in [5, 5.41) is 9.28. The maximum absolute atomic E-state index is 12.5. The topological polar surface area (TPSA) is 49.8 Å². The fourth-order valence-electron chi connectivity index (χ4n) is 2.38. The monoisotopic (exact) mass is 283 g/mol. The van der Waals surface area contributed by atoms with E-state index in [1.165, 1.54) is 16.2 Å². The van der Waals surface area contributed by atoms with E-state index in [9.17, 15) is 9.90 Å². The summed E-state index contributed by atoms with van der Waals surface area (Å²) in [6.45, 7) is 8.88. The van der Waals surface area contributed by atoms with Crippen LogP contribution in [0, 0.1) is 13.8 Å². The molecular weight excluding hydrogens is 262 g/mol. The Kier molecular flexibility index (Phi) is 3.99. The molecule has 1 amide bonds. The molecule has 1 saturated heterocycles. The smallest absolute Gasteiger partial charge is 0.264 e. The molecule has 1 unspecified atom stereocenters. The van der Waals surface area contributed by atoms with Crippen LogP contribution in [-0.2, 0) is 4.74 Å². The zero-order valence-corrected chi connectivity index (χ0v) is 12.7. The highest BCUT2D eigenvalue weighted by molar-refractivity contribution is 7.14. The van der Waals surface area contributed by atoms with Crippen LogP contribution in [0.1, 0.15) is 34.0 Å². The molecule has 2 heterocycles. The second kappa shape index (κ2) is 5.23. The molecule has 1 aliphatic heterocycles. The van der Waals surface area contributed by atoms with Gasteiger partial charge in [0.15, 0.2) is 0 Å². The summed E-state index contributed by atoms with van der Waals surface area (Å²) < 4.78 is 5.73. The lowest BCUT2D eigenvalue weighted by atomic mass is 10.1. The molecule has 0 aromatic carbocycles. The fourth-order valence-corrected chi connectivity index (χ4v) is 3.38. The average molecular weight is 283 g/mol. The summed E-state index contributed by atoms with van der Waals surface area (Å²) in [6, 6.07) is 1.94. The van der Waals surface area contributed by atoms with Gasteiger partial charge in [0.2, 0.25) is 0 Å². The standard InChI is InChI=1S/C14H21NO3S/c1-9-5-12(19-10(9)2)13(17)15-6-11(7-16)18-14(3,4)8-15/h5,11,16H,6-8H2,1-4H3. The molecule has 1 atom stereocenters. The lowest BCUT2D eigenvalue weighted by Gasteiger charge is -2.42. The van der Waals surface area contributed by atoms with Crippen LogP contribution in [0.3, 0.4) is 0 Å². The first-order valence-electron chi connectivity index (χ1n) is 6.47. The first kappa shape index (κ1) is 14.5. The van der Waals surface area contributed by atoms with E-state index in [4.69, 9.17) is 4.74 Å². The SMILES string of the molecule is Cc1cc(C(=O)N2CC(CO)OC(C)(C)C2)sc1C. The lowest BCUT2D eigenvalue weighted by Crippen LogP contribution is -2.55. The van der Waals surface area contributed by atoms with Crippen molar-refractivity contribution in [3.63, 3.8) is 0 Å². The van der Waals surface area contributed by atoms with Crippen LogP contribution in [0.4, 0.5) is 0 Å². The Morgan fingerprint density at radius 2 is 2.26 bits per heavy atom. The van der Waals surface area contributed by atoms with Crippen molar-refractivity contribution >= 4 is 17.2 Å². The molecular formula is C14H21NO3S. The largest absolute Gasteiger partial charge is 0.394 e. The Morgan fingerprint density at radius 1 is 1.58 bits per heavy atom. The van der Waals surface area contributed by atoms with Crippen LogP contribution in [0.25, 0.3) is 0 Å². The molecule has 0 radical (unpaired) electrons. The lowest BCUT2D eigenvalue weighted by molar-refractivity contribution is -0.139. The minimum absolute atomic E-state index is 0.0380. The first-order chi connectivity index (χ1) is 8.82. The van der Waals surface area contributed by atoms with Crippen molar-refractivity contribution < 1.29 is 14.6 Å².